The van der Waals surface area contributed by atoms with Crippen LogP contribution in [0.5, 0.6) is 17.2 Å². The van der Waals surface area contributed by atoms with E-state index in [1.807, 2.05) is 55.6 Å². The van der Waals surface area contributed by atoms with E-state index in [1.54, 1.807) is 4.90 Å². The Kier molecular flexibility index (Phi) is 4.99. The maximum absolute atomic E-state index is 12.6. The van der Waals surface area contributed by atoms with Crippen LogP contribution >= 0.6 is 12.2 Å². The Bertz CT molecular complexity index is 1220. The first kappa shape index (κ1) is 19.4. The normalized spacial score (nSPS) is 16.4. The van der Waals surface area contributed by atoms with Gasteiger partial charge in [0.05, 0.1) is 6.54 Å². The summed E-state index contributed by atoms with van der Waals surface area (Å²) in [6, 6.07) is 13.7. The Balaban J connectivity index is 1.36. The van der Waals surface area contributed by atoms with Crippen molar-refractivity contribution in [3.63, 3.8) is 0 Å². The standard InChI is InChI=1S/C23H21N3O4S/c1-2-26-22(27)18(24-23(26)31)11-15-13-25(19-6-4-3-5-17(15)19)9-10-28-16-7-8-20-21(12-16)30-14-29-20/h3-8,11-13H,2,9-10,14H2,1H3,(H,24,31)/b18-11-. The van der Waals surface area contributed by atoms with Crippen LogP contribution in [0.1, 0.15) is 12.5 Å². The third-order valence-electron chi connectivity index (χ3n) is 5.34. The number of carbonyl (C=O) groups is 1. The molecule has 0 radical (unpaired) electrons. The molecule has 2 aliphatic heterocycles. The van der Waals surface area contributed by atoms with Crippen molar-refractivity contribution in [2.75, 3.05) is 19.9 Å². The zero-order valence-electron chi connectivity index (χ0n) is 17.0. The highest BCUT2D eigenvalue weighted by molar-refractivity contribution is 7.80. The number of likely N-dealkylation sites (N-methyl/N-ethyl adjacent to an activating group) is 1. The van der Waals surface area contributed by atoms with Gasteiger partial charge < -0.3 is 24.1 Å². The smallest absolute Gasteiger partial charge is 0.276 e. The second kappa shape index (κ2) is 7.96. The monoisotopic (exact) mass is 435 g/mol. The summed E-state index contributed by atoms with van der Waals surface area (Å²) in [5, 5.41) is 4.53. The number of hydrogen-bond acceptors (Lipinski definition) is 5. The molecule has 5 rings (SSSR count). The predicted octanol–water partition coefficient (Wildman–Crippen LogP) is 3.53. The van der Waals surface area contributed by atoms with E-state index >= 15 is 0 Å². The molecule has 0 atom stereocenters. The Hall–Kier alpha value is -3.52. The summed E-state index contributed by atoms with van der Waals surface area (Å²) < 4.78 is 18.8. The lowest BCUT2D eigenvalue weighted by Crippen LogP contribution is -2.30. The zero-order valence-corrected chi connectivity index (χ0v) is 17.8. The van der Waals surface area contributed by atoms with Crippen LogP contribution in [0.25, 0.3) is 17.0 Å². The van der Waals surface area contributed by atoms with E-state index < -0.39 is 0 Å². The summed E-state index contributed by atoms with van der Waals surface area (Å²) in [7, 11) is 0. The van der Waals surface area contributed by atoms with Crippen molar-refractivity contribution in [2.45, 2.75) is 13.5 Å². The van der Waals surface area contributed by atoms with Crippen molar-refractivity contribution >= 4 is 40.2 Å². The first-order valence-electron chi connectivity index (χ1n) is 10.1. The maximum atomic E-state index is 12.6. The van der Waals surface area contributed by atoms with Gasteiger partial charge in [-0.15, -0.1) is 0 Å². The van der Waals surface area contributed by atoms with Crippen LogP contribution in [0.4, 0.5) is 0 Å². The van der Waals surface area contributed by atoms with Gasteiger partial charge in [0.25, 0.3) is 5.91 Å². The van der Waals surface area contributed by atoms with Crippen molar-refractivity contribution in [1.82, 2.24) is 14.8 Å². The molecule has 1 aromatic heterocycles. The van der Waals surface area contributed by atoms with Gasteiger partial charge in [-0.1, -0.05) is 18.2 Å². The van der Waals surface area contributed by atoms with Crippen LogP contribution in [0, 0.1) is 0 Å². The van der Waals surface area contributed by atoms with Crippen LogP contribution in [0.3, 0.4) is 0 Å². The number of amides is 1. The fraction of sp³-hybridized carbons (Fsp3) is 0.217. The van der Waals surface area contributed by atoms with Crippen LogP contribution in [0.2, 0.25) is 0 Å². The molecular formula is C23H21N3O4S. The number of carbonyl (C=O) groups excluding carboxylic acids is 1. The summed E-state index contributed by atoms with van der Waals surface area (Å²) in [6.45, 7) is 3.82. The summed E-state index contributed by atoms with van der Waals surface area (Å²) in [4.78, 5) is 14.1. The SMILES string of the molecule is CCN1C(=O)/C(=C/c2cn(CCOc3ccc4c(c3)OCO4)c3ccccc23)NC1=S. The topological polar surface area (TPSA) is 65.0 Å². The summed E-state index contributed by atoms with van der Waals surface area (Å²) in [6.07, 6.45) is 3.90. The van der Waals surface area contributed by atoms with Crippen LogP contribution < -0.4 is 19.5 Å². The third-order valence-corrected chi connectivity index (χ3v) is 5.67. The molecule has 3 aromatic rings. The highest BCUT2D eigenvalue weighted by Gasteiger charge is 2.29. The number of thiocarbonyl (C=S) groups is 1. The Morgan fingerprint density at radius 1 is 1.19 bits per heavy atom. The van der Waals surface area contributed by atoms with E-state index in [0.717, 1.165) is 28.0 Å². The second-order valence-electron chi connectivity index (χ2n) is 7.20. The van der Waals surface area contributed by atoms with Gasteiger partial charge in [-0.05, 0) is 43.4 Å². The van der Waals surface area contributed by atoms with Crippen molar-refractivity contribution in [1.29, 1.82) is 0 Å². The van der Waals surface area contributed by atoms with Crippen LogP contribution in [0.15, 0.2) is 54.4 Å². The molecule has 0 unspecified atom stereocenters. The molecule has 2 aromatic carbocycles. The van der Waals surface area contributed by atoms with Crippen LogP contribution in [-0.2, 0) is 11.3 Å². The number of nitrogens with zero attached hydrogens (tertiary/aromatic N) is 2. The van der Waals surface area contributed by atoms with E-state index in [9.17, 15) is 4.79 Å². The number of fused-ring (bicyclic) bond motifs is 2. The largest absolute Gasteiger partial charge is 0.492 e. The average Bonchev–Trinajstić information content (AvgIpc) is 3.45. The number of ether oxygens (including phenoxy) is 3. The Labute approximate surface area is 184 Å². The van der Waals surface area contributed by atoms with Crippen molar-refractivity contribution < 1.29 is 19.0 Å². The minimum atomic E-state index is -0.101. The average molecular weight is 436 g/mol. The molecule has 0 saturated carbocycles. The molecule has 0 aliphatic carbocycles. The number of aromatic nitrogens is 1. The maximum Gasteiger partial charge on any atom is 0.276 e. The van der Waals surface area contributed by atoms with Crippen molar-refractivity contribution in [2.24, 2.45) is 0 Å². The quantitative estimate of drug-likeness (QED) is 0.472. The number of para-hydroxylation sites is 1. The lowest BCUT2D eigenvalue weighted by molar-refractivity contribution is -0.122. The van der Waals surface area contributed by atoms with E-state index in [0.29, 0.717) is 36.3 Å². The van der Waals surface area contributed by atoms with Gasteiger partial charge in [-0.3, -0.25) is 9.69 Å². The van der Waals surface area contributed by atoms with Gasteiger partial charge in [0.2, 0.25) is 6.79 Å². The third kappa shape index (κ3) is 3.59. The van der Waals surface area contributed by atoms with Gasteiger partial charge in [0.15, 0.2) is 16.6 Å². The van der Waals surface area contributed by atoms with Crippen molar-refractivity contribution in [3.05, 3.63) is 59.9 Å². The molecule has 7 nitrogen and oxygen atoms in total. The minimum Gasteiger partial charge on any atom is -0.492 e. The summed E-state index contributed by atoms with van der Waals surface area (Å²) in [5.41, 5.74) is 2.52. The Morgan fingerprint density at radius 2 is 2.03 bits per heavy atom. The predicted molar refractivity (Wildman–Crippen MR) is 121 cm³/mol. The molecule has 8 heteroatoms. The Morgan fingerprint density at radius 3 is 2.87 bits per heavy atom. The molecule has 1 fully saturated rings. The van der Waals surface area contributed by atoms with Gasteiger partial charge in [-0.25, -0.2) is 0 Å². The number of hydrogen-bond donors (Lipinski definition) is 1. The van der Waals surface area contributed by atoms with E-state index in [4.69, 9.17) is 26.4 Å². The number of nitrogens with one attached hydrogen (secondary N) is 1. The van der Waals surface area contributed by atoms with Crippen molar-refractivity contribution in [3.8, 4) is 17.2 Å². The highest BCUT2D eigenvalue weighted by Crippen LogP contribution is 2.35. The number of benzene rings is 2. The van der Waals surface area contributed by atoms with E-state index in [-0.39, 0.29) is 12.7 Å². The molecule has 1 amide bonds. The van der Waals surface area contributed by atoms with Gasteiger partial charge in [0.1, 0.15) is 18.1 Å². The molecule has 2 aliphatic rings. The fourth-order valence-corrected chi connectivity index (χ4v) is 4.14. The molecule has 158 valence electrons. The molecule has 31 heavy (non-hydrogen) atoms. The first-order valence-corrected chi connectivity index (χ1v) is 10.5. The second-order valence-corrected chi connectivity index (χ2v) is 7.58. The lowest BCUT2D eigenvalue weighted by Gasteiger charge is -2.09. The minimum absolute atomic E-state index is 0.101. The first-order chi connectivity index (χ1) is 15.1. The molecule has 0 bridgehead atoms. The van der Waals surface area contributed by atoms with Gasteiger partial charge in [-0.2, -0.15) is 0 Å². The highest BCUT2D eigenvalue weighted by atomic mass is 32.1. The molecular weight excluding hydrogens is 414 g/mol. The molecule has 3 heterocycles. The van der Waals surface area contributed by atoms with E-state index in [2.05, 4.69) is 16.0 Å². The molecule has 1 N–H and O–H groups in total. The van der Waals surface area contributed by atoms with E-state index in [1.165, 1.54) is 0 Å². The fourth-order valence-electron chi connectivity index (χ4n) is 3.82. The van der Waals surface area contributed by atoms with Gasteiger partial charge in [0, 0.05) is 35.3 Å². The number of rotatable bonds is 6. The summed E-state index contributed by atoms with van der Waals surface area (Å²) >= 11 is 5.26. The summed E-state index contributed by atoms with van der Waals surface area (Å²) in [5.74, 6) is 2.07. The van der Waals surface area contributed by atoms with Gasteiger partial charge >= 0.3 is 0 Å². The zero-order chi connectivity index (χ0) is 21.4. The lowest BCUT2D eigenvalue weighted by atomic mass is 10.1. The molecule has 0 spiro atoms. The van der Waals surface area contributed by atoms with Crippen LogP contribution in [-0.4, -0.2) is 40.4 Å². The molecule has 1 saturated heterocycles.